The molecule has 0 aliphatic heterocycles. The smallest absolute Gasteiger partial charge is 0.166 e. The number of rotatable bonds is 2. The fourth-order valence-corrected chi connectivity index (χ4v) is 2.34. The summed E-state index contributed by atoms with van der Waals surface area (Å²) >= 11 is 0. The molecule has 0 spiro atoms. The Morgan fingerprint density at radius 2 is 2.00 bits per heavy atom. The summed E-state index contributed by atoms with van der Waals surface area (Å²) in [5.74, 6) is -0.472. The Labute approximate surface area is 101 Å². The molecule has 1 unspecified atom stereocenters. The summed E-state index contributed by atoms with van der Waals surface area (Å²) in [5.41, 5.74) is 3.36. The molecule has 2 nitrogen and oxygen atoms in total. The lowest BCUT2D eigenvalue weighted by Gasteiger charge is -2.19. The molecular weight excluding hydrogens is 212 g/mol. The van der Waals surface area contributed by atoms with Gasteiger partial charge in [0, 0.05) is 0 Å². The molecular formula is C15H16O2. The molecule has 1 aromatic carbocycles. The van der Waals surface area contributed by atoms with Gasteiger partial charge in [0.05, 0.1) is 5.92 Å². The minimum atomic E-state index is -0.414. The zero-order valence-corrected chi connectivity index (χ0v) is 10.2. The lowest BCUT2D eigenvalue weighted by atomic mass is 9.83. The van der Waals surface area contributed by atoms with E-state index in [1.54, 1.807) is 6.08 Å². The fraction of sp³-hybridized carbons (Fsp3) is 0.333. The maximum Gasteiger partial charge on any atom is 0.166 e. The lowest BCUT2D eigenvalue weighted by Crippen LogP contribution is -2.23. The van der Waals surface area contributed by atoms with Crippen molar-refractivity contribution in [1.29, 1.82) is 0 Å². The van der Waals surface area contributed by atoms with Gasteiger partial charge in [0.1, 0.15) is 5.78 Å². The summed E-state index contributed by atoms with van der Waals surface area (Å²) in [5, 5.41) is 0. The van der Waals surface area contributed by atoms with Crippen molar-refractivity contribution in [2.24, 2.45) is 5.92 Å². The molecule has 0 fully saturated rings. The molecule has 0 saturated carbocycles. The van der Waals surface area contributed by atoms with Gasteiger partial charge in [-0.05, 0) is 49.5 Å². The average molecular weight is 228 g/mol. The van der Waals surface area contributed by atoms with Gasteiger partial charge in [-0.3, -0.25) is 9.59 Å². The fourth-order valence-electron chi connectivity index (χ4n) is 2.34. The third-order valence-electron chi connectivity index (χ3n) is 3.34. The van der Waals surface area contributed by atoms with Gasteiger partial charge in [-0.25, -0.2) is 0 Å². The molecule has 2 heteroatoms. The second kappa shape index (κ2) is 4.66. The lowest BCUT2D eigenvalue weighted by molar-refractivity contribution is -0.129. The van der Waals surface area contributed by atoms with Gasteiger partial charge in [0.15, 0.2) is 5.78 Å². The Morgan fingerprint density at radius 1 is 1.29 bits per heavy atom. The van der Waals surface area contributed by atoms with E-state index in [9.17, 15) is 9.59 Å². The Balaban J connectivity index is 2.32. The van der Waals surface area contributed by atoms with Crippen molar-refractivity contribution in [3.8, 4) is 0 Å². The van der Waals surface area contributed by atoms with Crippen LogP contribution in [-0.4, -0.2) is 11.6 Å². The summed E-state index contributed by atoms with van der Waals surface area (Å²) in [7, 11) is 0. The van der Waals surface area contributed by atoms with Crippen LogP contribution >= 0.6 is 0 Å². The minimum Gasteiger partial charge on any atom is -0.299 e. The molecule has 0 saturated heterocycles. The van der Waals surface area contributed by atoms with Crippen molar-refractivity contribution >= 4 is 17.1 Å². The quantitative estimate of drug-likeness (QED) is 0.729. The predicted octanol–water partition coefficient (Wildman–Crippen LogP) is 2.95. The van der Waals surface area contributed by atoms with Gasteiger partial charge in [0.2, 0.25) is 0 Å². The molecule has 1 aliphatic carbocycles. The van der Waals surface area contributed by atoms with Crippen molar-refractivity contribution in [2.75, 3.05) is 0 Å². The molecule has 1 aliphatic rings. The molecule has 0 N–H and O–H groups in total. The van der Waals surface area contributed by atoms with Crippen LogP contribution in [0.2, 0.25) is 0 Å². The number of carbonyl (C=O) groups is 2. The third kappa shape index (κ3) is 2.36. The highest BCUT2D eigenvalue weighted by atomic mass is 16.1. The number of carbonyl (C=O) groups excluding carboxylic acids is 2. The first-order chi connectivity index (χ1) is 8.09. The van der Waals surface area contributed by atoms with Crippen LogP contribution in [0, 0.1) is 12.8 Å². The average Bonchev–Trinajstić information content (AvgIpc) is 2.29. The Hall–Kier alpha value is -1.70. The summed E-state index contributed by atoms with van der Waals surface area (Å²) in [6.45, 7) is 3.53. The minimum absolute atomic E-state index is 0.0184. The third-order valence-corrected chi connectivity index (χ3v) is 3.34. The van der Waals surface area contributed by atoms with Crippen molar-refractivity contribution < 1.29 is 9.59 Å². The number of hydrogen-bond donors (Lipinski definition) is 0. The van der Waals surface area contributed by atoms with Crippen LogP contribution < -0.4 is 0 Å². The summed E-state index contributed by atoms with van der Waals surface area (Å²) in [6.07, 6.45) is 3.10. The summed E-state index contributed by atoms with van der Waals surface area (Å²) < 4.78 is 0. The van der Waals surface area contributed by atoms with E-state index in [2.05, 4.69) is 0 Å². The number of benzene rings is 1. The number of ketones is 2. The van der Waals surface area contributed by atoms with E-state index >= 15 is 0 Å². The normalized spacial score (nSPS) is 20.0. The second-order valence-corrected chi connectivity index (χ2v) is 4.59. The standard InChI is InChI=1S/C15H16O2/c1-10-5-3-4-6-13(10)12-7-8-14(11(2)16)15(17)9-12/h3-6,9,14H,7-8H2,1-2H3. The van der Waals surface area contributed by atoms with Crippen LogP contribution in [0.25, 0.3) is 5.57 Å². The van der Waals surface area contributed by atoms with Crippen molar-refractivity contribution in [3.63, 3.8) is 0 Å². The Morgan fingerprint density at radius 3 is 2.59 bits per heavy atom. The monoisotopic (exact) mass is 228 g/mol. The van der Waals surface area contributed by atoms with Crippen molar-refractivity contribution in [3.05, 3.63) is 41.5 Å². The Bertz CT molecular complexity index is 497. The number of aryl methyl sites for hydroxylation is 1. The molecule has 88 valence electrons. The van der Waals surface area contributed by atoms with Crippen LogP contribution in [0.1, 0.15) is 30.9 Å². The number of allylic oxidation sites excluding steroid dienone is 2. The first kappa shape index (κ1) is 11.8. The zero-order chi connectivity index (χ0) is 12.4. The van der Waals surface area contributed by atoms with Crippen molar-refractivity contribution in [2.45, 2.75) is 26.7 Å². The second-order valence-electron chi connectivity index (χ2n) is 4.59. The zero-order valence-electron chi connectivity index (χ0n) is 10.2. The van der Waals surface area contributed by atoms with E-state index in [1.165, 1.54) is 12.5 Å². The van der Waals surface area contributed by atoms with Crippen LogP contribution in [0.5, 0.6) is 0 Å². The van der Waals surface area contributed by atoms with Gasteiger partial charge in [-0.2, -0.15) is 0 Å². The highest BCUT2D eigenvalue weighted by Gasteiger charge is 2.26. The SMILES string of the molecule is CC(=O)C1CCC(c2ccccc2C)=CC1=O. The van der Waals surface area contributed by atoms with E-state index in [0.717, 1.165) is 17.6 Å². The first-order valence-electron chi connectivity index (χ1n) is 5.90. The van der Waals surface area contributed by atoms with Crippen LogP contribution in [0.15, 0.2) is 30.3 Å². The van der Waals surface area contributed by atoms with Crippen LogP contribution in [-0.2, 0) is 9.59 Å². The summed E-state index contributed by atoms with van der Waals surface area (Å²) in [4.78, 5) is 23.1. The van der Waals surface area contributed by atoms with Gasteiger partial charge < -0.3 is 0 Å². The largest absolute Gasteiger partial charge is 0.299 e. The molecule has 0 radical (unpaired) electrons. The van der Waals surface area contributed by atoms with Gasteiger partial charge in [0.25, 0.3) is 0 Å². The highest BCUT2D eigenvalue weighted by Crippen LogP contribution is 2.30. The Kier molecular flexibility index (Phi) is 3.23. The first-order valence-corrected chi connectivity index (χ1v) is 5.90. The molecule has 0 bridgehead atoms. The van der Waals surface area contributed by atoms with Crippen LogP contribution in [0.4, 0.5) is 0 Å². The highest BCUT2D eigenvalue weighted by molar-refractivity contribution is 6.11. The molecule has 2 rings (SSSR count). The maximum absolute atomic E-state index is 11.8. The number of Topliss-reactive ketones (excluding diaryl/α,β-unsaturated/α-hetero) is 1. The van der Waals surface area contributed by atoms with E-state index in [4.69, 9.17) is 0 Å². The summed E-state index contributed by atoms with van der Waals surface area (Å²) in [6, 6.07) is 8.04. The van der Waals surface area contributed by atoms with Crippen LogP contribution in [0.3, 0.4) is 0 Å². The van der Waals surface area contributed by atoms with E-state index in [-0.39, 0.29) is 11.6 Å². The predicted molar refractivity (Wildman–Crippen MR) is 67.6 cm³/mol. The molecule has 0 aromatic heterocycles. The van der Waals surface area contributed by atoms with E-state index < -0.39 is 5.92 Å². The molecule has 1 atom stereocenters. The van der Waals surface area contributed by atoms with Gasteiger partial charge in [-0.15, -0.1) is 0 Å². The molecule has 0 amide bonds. The maximum atomic E-state index is 11.8. The van der Waals surface area contributed by atoms with Gasteiger partial charge in [-0.1, -0.05) is 24.3 Å². The van der Waals surface area contributed by atoms with Crippen molar-refractivity contribution in [1.82, 2.24) is 0 Å². The van der Waals surface area contributed by atoms with E-state index in [0.29, 0.717) is 6.42 Å². The van der Waals surface area contributed by atoms with E-state index in [1.807, 2.05) is 31.2 Å². The molecule has 0 heterocycles. The molecule has 17 heavy (non-hydrogen) atoms. The number of hydrogen-bond acceptors (Lipinski definition) is 2. The van der Waals surface area contributed by atoms with Gasteiger partial charge >= 0.3 is 0 Å². The topological polar surface area (TPSA) is 34.1 Å². The molecule has 1 aromatic rings.